The Morgan fingerprint density at radius 2 is 1.74 bits per heavy atom. The van der Waals surface area contributed by atoms with Crippen molar-refractivity contribution in [3.8, 4) is 10.6 Å². The third kappa shape index (κ3) is 4.84. The summed E-state index contributed by atoms with van der Waals surface area (Å²) >= 11 is 1.57. The van der Waals surface area contributed by atoms with Gasteiger partial charge in [-0.25, -0.2) is 9.97 Å². The van der Waals surface area contributed by atoms with E-state index in [1.165, 1.54) is 0 Å². The number of aliphatic hydroxyl groups is 2. The van der Waals surface area contributed by atoms with Crippen LogP contribution in [0.2, 0.25) is 0 Å². The second-order valence-electron chi connectivity index (χ2n) is 9.58. The molecule has 1 fully saturated rings. The van der Waals surface area contributed by atoms with Crippen LogP contribution < -0.4 is 10.6 Å². The molecule has 0 saturated heterocycles. The molecule has 0 bridgehead atoms. The first kappa shape index (κ1) is 23.6. The number of aryl methyl sites for hydroxylation is 2. The van der Waals surface area contributed by atoms with Gasteiger partial charge in [0, 0.05) is 23.3 Å². The number of nitrogens with zero attached hydrogens (tertiary/aromatic N) is 4. The molecular formula is C26H30N6O2S. The number of aliphatic hydroxyl groups excluding tert-OH is 2. The number of hydrogen-bond acceptors (Lipinski definition) is 9. The van der Waals surface area contributed by atoms with Gasteiger partial charge in [-0.1, -0.05) is 26.0 Å². The summed E-state index contributed by atoms with van der Waals surface area (Å²) in [5, 5.41) is 28.9. The zero-order valence-electron chi connectivity index (χ0n) is 20.2. The lowest BCUT2D eigenvalue weighted by Gasteiger charge is -2.20. The molecule has 1 aliphatic rings. The van der Waals surface area contributed by atoms with E-state index in [0.29, 0.717) is 18.2 Å². The van der Waals surface area contributed by atoms with Crippen molar-refractivity contribution >= 4 is 39.0 Å². The molecule has 4 atom stereocenters. The zero-order chi connectivity index (χ0) is 24.7. The summed E-state index contributed by atoms with van der Waals surface area (Å²) in [6.07, 6.45) is 0.742. The van der Waals surface area contributed by atoms with Crippen molar-refractivity contribution < 1.29 is 10.2 Å². The highest BCUT2D eigenvalue weighted by Crippen LogP contribution is 2.38. The number of pyridine rings is 1. The monoisotopic (exact) mass is 490 g/mol. The lowest BCUT2D eigenvalue weighted by molar-refractivity contribution is 0.00750. The average Bonchev–Trinajstić information content (AvgIpc) is 3.35. The molecule has 8 nitrogen and oxygen atoms in total. The molecule has 35 heavy (non-hydrogen) atoms. The van der Waals surface area contributed by atoms with E-state index >= 15 is 0 Å². The first-order valence-corrected chi connectivity index (χ1v) is 12.7. The highest BCUT2D eigenvalue weighted by atomic mass is 32.1. The SMILES string of the molecule is Cc1cc(Nc2ncc(-c3nc4ccccc4s3)c(NC3CC(C(C)C)C(O)C3O)n2)cc(C)n1. The number of anilines is 3. The molecule has 9 heteroatoms. The third-order valence-corrected chi connectivity index (χ3v) is 7.63. The number of aromatic nitrogens is 4. The highest BCUT2D eigenvalue weighted by Gasteiger charge is 2.43. The van der Waals surface area contributed by atoms with E-state index in [1.54, 1.807) is 17.5 Å². The summed E-state index contributed by atoms with van der Waals surface area (Å²) in [6.45, 7) is 8.03. The van der Waals surface area contributed by atoms with Gasteiger partial charge in [-0.05, 0) is 56.4 Å². The second-order valence-corrected chi connectivity index (χ2v) is 10.6. The lowest BCUT2D eigenvalue weighted by Crippen LogP contribution is -2.36. The maximum Gasteiger partial charge on any atom is 0.229 e. The van der Waals surface area contributed by atoms with E-state index in [2.05, 4.69) is 34.4 Å². The molecule has 1 aromatic carbocycles. The molecule has 5 rings (SSSR count). The molecule has 0 radical (unpaired) electrons. The smallest absolute Gasteiger partial charge is 0.229 e. The van der Waals surface area contributed by atoms with Gasteiger partial charge in [0.2, 0.25) is 5.95 Å². The van der Waals surface area contributed by atoms with Gasteiger partial charge in [-0.2, -0.15) is 4.98 Å². The molecule has 1 aliphatic carbocycles. The van der Waals surface area contributed by atoms with Crippen molar-refractivity contribution in [3.05, 3.63) is 54.0 Å². The standard InChI is InChI=1S/C26H30N6O2S/c1-13(2)17-11-20(23(34)22(17)33)30-24-18(25-31-19-7-5-6-8-21(19)35-25)12-27-26(32-24)29-16-9-14(3)28-15(4)10-16/h5-10,12-13,17,20,22-23,33-34H,11H2,1-4H3,(H2,27,28,29,30,32). The van der Waals surface area contributed by atoms with Crippen molar-refractivity contribution in [1.82, 2.24) is 19.9 Å². The fourth-order valence-corrected chi connectivity index (χ4v) is 5.76. The lowest BCUT2D eigenvalue weighted by atomic mass is 9.92. The Labute approximate surface area is 208 Å². The quantitative estimate of drug-likeness (QED) is 0.308. The number of hydrogen-bond donors (Lipinski definition) is 4. The predicted molar refractivity (Wildman–Crippen MR) is 140 cm³/mol. The zero-order valence-corrected chi connectivity index (χ0v) is 21.0. The summed E-state index contributed by atoms with van der Waals surface area (Å²) in [4.78, 5) is 18.6. The molecule has 4 aromatic rings. The minimum absolute atomic E-state index is 0.00982. The van der Waals surface area contributed by atoms with Gasteiger partial charge in [0.25, 0.3) is 0 Å². The van der Waals surface area contributed by atoms with Crippen molar-refractivity contribution in [1.29, 1.82) is 0 Å². The summed E-state index contributed by atoms with van der Waals surface area (Å²) in [7, 11) is 0. The Balaban J connectivity index is 1.52. The Morgan fingerprint density at radius 1 is 1.00 bits per heavy atom. The summed E-state index contributed by atoms with van der Waals surface area (Å²) in [5.74, 6) is 1.27. The molecule has 0 aliphatic heterocycles. The fourth-order valence-electron chi connectivity index (χ4n) is 4.78. The van der Waals surface area contributed by atoms with E-state index in [0.717, 1.165) is 37.9 Å². The Morgan fingerprint density at radius 3 is 2.43 bits per heavy atom. The molecular weight excluding hydrogens is 460 g/mol. The number of rotatable bonds is 6. The first-order valence-electron chi connectivity index (χ1n) is 11.9. The van der Waals surface area contributed by atoms with E-state index in [4.69, 9.17) is 9.97 Å². The Hall–Kier alpha value is -3.14. The van der Waals surface area contributed by atoms with Crippen molar-refractivity contribution in [2.75, 3.05) is 10.6 Å². The maximum absolute atomic E-state index is 10.8. The van der Waals surface area contributed by atoms with Crippen molar-refractivity contribution in [3.63, 3.8) is 0 Å². The summed E-state index contributed by atoms with van der Waals surface area (Å²) < 4.78 is 1.08. The van der Waals surface area contributed by atoms with E-state index in [-0.39, 0.29) is 17.9 Å². The van der Waals surface area contributed by atoms with Crippen LogP contribution in [0, 0.1) is 25.7 Å². The maximum atomic E-state index is 10.8. The van der Waals surface area contributed by atoms with Crippen LogP contribution in [0.5, 0.6) is 0 Å². The first-order chi connectivity index (χ1) is 16.8. The van der Waals surface area contributed by atoms with Crippen LogP contribution in [0.25, 0.3) is 20.8 Å². The minimum Gasteiger partial charge on any atom is -0.390 e. The highest BCUT2D eigenvalue weighted by molar-refractivity contribution is 7.21. The van der Waals surface area contributed by atoms with Crippen LogP contribution in [0.1, 0.15) is 31.7 Å². The van der Waals surface area contributed by atoms with Gasteiger partial charge in [-0.15, -0.1) is 11.3 Å². The topological polar surface area (TPSA) is 116 Å². The number of para-hydroxylation sites is 1. The van der Waals surface area contributed by atoms with Crippen LogP contribution in [0.3, 0.4) is 0 Å². The number of fused-ring (bicyclic) bond motifs is 1. The minimum atomic E-state index is -0.887. The summed E-state index contributed by atoms with van der Waals surface area (Å²) in [5.41, 5.74) is 4.33. The Bertz CT molecular complexity index is 1300. The average molecular weight is 491 g/mol. The molecule has 4 unspecified atom stereocenters. The van der Waals surface area contributed by atoms with Crippen LogP contribution in [0.15, 0.2) is 42.6 Å². The van der Waals surface area contributed by atoms with Gasteiger partial charge in [0.15, 0.2) is 0 Å². The number of thiazole rings is 1. The van der Waals surface area contributed by atoms with Gasteiger partial charge in [0.1, 0.15) is 16.9 Å². The second kappa shape index (κ2) is 9.49. The largest absolute Gasteiger partial charge is 0.390 e. The molecule has 1 saturated carbocycles. The molecule has 0 amide bonds. The van der Waals surface area contributed by atoms with Crippen LogP contribution in [-0.4, -0.2) is 48.4 Å². The van der Waals surface area contributed by atoms with Gasteiger partial charge >= 0.3 is 0 Å². The third-order valence-electron chi connectivity index (χ3n) is 6.56. The van der Waals surface area contributed by atoms with Crippen LogP contribution in [0.4, 0.5) is 17.5 Å². The van der Waals surface area contributed by atoms with Gasteiger partial charge < -0.3 is 20.8 Å². The van der Waals surface area contributed by atoms with Crippen LogP contribution >= 0.6 is 11.3 Å². The molecule has 0 spiro atoms. The predicted octanol–water partition coefficient (Wildman–Crippen LogP) is 4.69. The molecule has 4 N–H and O–H groups in total. The van der Waals surface area contributed by atoms with Crippen molar-refractivity contribution in [2.24, 2.45) is 11.8 Å². The number of nitrogens with one attached hydrogen (secondary N) is 2. The Kier molecular flexibility index (Phi) is 6.39. The van der Waals surface area contributed by atoms with Crippen molar-refractivity contribution in [2.45, 2.75) is 52.4 Å². The van der Waals surface area contributed by atoms with E-state index in [1.807, 2.05) is 50.2 Å². The fraction of sp³-hybridized carbons (Fsp3) is 0.385. The normalized spacial score (nSPS) is 22.1. The van der Waals surface area contributed by atoms with Gasteiger partial charge in [-0.3, -0.25) is 4.98 Å². The van der Waals surface area contributed by atoms with Crippen LogP contribution in [-0.2, 0) is 0 Å². The number of benzene rings is 1. The van der Waals surface area contributed by atoms with Gasteiger partial charge in [0.05, 0.1) is 27.9 Å². The van der Waals surface area contributed by atoms with E-state index in [9.17, 15) is 10.2 Å². The molecule has 182 valence electrons. The summed E-state index contributed by atoms with van der Waals surface area (Å²) in [6, 6.07) is 11.5. The molecule has 3 heterocycles. The molecule has 3 aromatic heterocycles. The van der Waals surface area contributed by atoms with E-state index < -0.39 is 12.2 Å².